The van der Waals surface area contributed by atoms with E-state index in [-0.39, 0.29) is 23.6 Å². The largest absolute Gasteiger partial charge is 0.457 e. The molecule has 2 amide bonds. The molecule has 0 aliphatic heterocycles. The summed E-state index contributed by atoms with van der Waals surface area (Å²) in [4.78, 5) is 28.9. The first-order valence-corrected chi connectivity index (χ1v) is 8.54. The van der Waals surface area contributed by atoms with Crippen LogP contribution in [-0.4, -0.2) is 46.5 Å². The maximum atomic E-state index is 12.5. The van der Waals surface area contributed by atoms with Gasteiger partial charge >= 0.3 is 0 Å². The SMILES string of the molecule is CNC(=O)c1occc1Nc1cc(NC)n2ncc(C(=O)NC3CC3)c2n1. The first-order valence-electron chi connectivity index (χ1n) is 8.54. The van der Waals surface area contributed by atoms with Gasteiger partial charge in [0, 0.05) is 32.3 Å². The molecule has 4 rings (SSSR count). The normalized spacial score (nSPS) is 13.4. The summed E-state index contributed by atoms with van der Waals surface area (Å²) in [6.45, 7) is 0. The van der Waals surface area contributed by atoms with E-state index < -0.39 is 0 Å². The minimum absolute atomic E-state index is 0.144. The molecule has 0 atom stereocenters. The van der Waals surface area contributed by atoms with Crippen LogP contribution in [0.15, 0.2) is 29.0 Å². The second-order valence-corrected chi connectivity index (χ2v) is 6.19. The number of fused-ring (bicyclic) bond motifs is 1. The number of nitrogens with one attached hydrogen (secondary N) is 4. The van der Waals surface area contributed by atoms with Crippen LogP contribution in [0.3, 0.4) is 0 Å². The number of hydrogen-bond donors (Lipinski definition) is 4. The Bertz CT molecular complexity index is 1020. The molecule has 0 bridgehead atoms. The Kier molecular flexibility index (Phi) is 4.15. The van der Waals surface area contributed by atoms with Crippen molar-refractivity contribution in [1.29, 1.82) is 0 Å². The third kappa shape index (κ3) is 3.16. The van der Waals surface area contributed by atoms with Crippen LogP contribution in [-0.2, 0) is 0 Å². The van der Waals surface area contributed by atoms with E-state index in [1.807, 2.05) is 0 Å². The van der Waals surface area contributed by atoms with Crippen molar-refractivity contribution in [2.75, 3.05) is 24.7 Å². The molecule has 1 fully saturated rings. The third-order valence-corrected chi connectivity index (χ3v) is 4.25. The number of carbonyl (C=O) groups is 2. The topological polar surface area (TPSA) is 126 Å². The zero-order valence-electron chi connectivity index (χ0n) is 14.9. The van der Waals surface area contributed by atoms with E-state index in [4.69, 9.17) is 4.42 Å². The van der Waals surface area contributed by atoms with Crippen LogP contribution in [0.1, 0.15) is 33.8 Å². The van der Waals surface area contributed by atoms with E-state index in [2.05, 4.69) is 31.3 Å². The number of carbonyl (C=O) groups excluding carboxylic acids is 2. The average Bonchev–Trinajstić information content (AvgIpc) is 3.19. The van der Waals surface area contributed by atoms with Crippen LogP contribution in [0.5, 0.6) is 0 Å². The first kappa shape index (κ1) is 16.9. The van der Waals surface area contributed by atoms with Gasteiger partial charge in [0.1, 0.15) is 17.2 Å². The lowest BCUT2D eigenvalue weighted by Crippen LogP contribution is -2.25. The monoisotopic (exact) mass is 369 g/mol. The summed E-state index contributed by atoms with van der Waals surface area (Å²) in [6.07, 6.45) is 4.90. The van der Waals surface area contributed by atoms with Crippen molar-refractivity contribution in [2.45, 2.75) is 18.9 Å². The average molecular weight is 369 g/mol. The molecule has 27 heavy (non-hydrogen) atoms. The zero-order chi connectivity index (χ0) is 19.0. The summed E-state index contributed by atoms with van der Waals surface area (Å²) in [5.74, 6) is 0.669. The third-order valence-electron chi connectivity index (χ3n) is 4.25. The number of aromatic nitrogens is 3. The van der Waals surface area contributed by atoms with Gasteiger partial charge in [-0.25, -0.2) is 4.98 Å². The van der Waals surface area contributed by atoms with Gasteiger partial charge in [-0.3, -0.25) is 9.59 Å². The molecule has 1 saturated carbocycles. The smallest absolute Gasteiger partial charge is 0.288 e. The molecule has 0 unspecified atom stereocenters. The summed E-state index contributed by atoms with van der Waals surface area (Å²) in [5.41, 5.74) is 1.27. The van der Waals surface area contributed by atoms with Crippen molar-refractivity contribution in [1.82, 2.24) is 25.2 Å². The predicted molar refractivity (Wildman–Crippen MR) is 98.4 cm³/mol. The molecule has 3 aromatic heterocycles. The summed E-state index contributed by atoms with van der Waals surface area (Å²) in [7, 11) is 3.27. The number of furan rings is 1. The van der Waals surface area contributed by atoms with Crippen LogP contribution < -0.4 is 21.3 Å². The standard InChI is InChI=1S/C17H19N7O3/c1-18-13-7-12(22-11-5-6-27-14(11)17(26)19-2)23-15-10(8-20-24(13)15)16(25)21-9-3-4-9/h5-9,18H,3-4H2,1-2H3,(H,19,26)(H,21,25)(H,22,23). The van der Waals surface area contributed by atoms with Crippen molar-refractivity contribution < 1.29 is 14.0 Å². The summed E-state index contributed by atoms with van der Waals surface area (Å²) >= 11 is 0. The fourth-order valence-corrected chi connectivity index (χ4v) is 2.69. The van der Waals surface area contributed by atoms with E-state index >= 15 is 0 Å². The first-order chi connectivity index (χ1) is 13.1. The molecule has 3 heterocycles. The molecule has 1 aliphatic carbocycles. The molecule has 0 radical (unpaired) electrons. The lowest BCUT2D eigenvalue weighted by atomic mass is 10.3. The maximum Gasteiger partial charge on any atom is 0.288 e. The van der Waals surface area contributed by atoms with Crippen LogP contribution in [0, 0.1) is 0 Å². The highest BCUT2D eigenvalue weighted by Gasteiger charge is 2.26. The fourth-order valence-electron chi connectivity index (χ4n) is 2.69. The Labute approximate surface area is 154 Å². The van der Waals surface area contributed by atoms with Crippen LogP contribution in [0.4, 0.5) is 17.3 Å². The van der Waals surface area contributed by atoms with Gasteiger partial charge in [-0.2, -0.15) is 9.61 Å². The number of nitrogens with zero attached hydrogens (tertiary/aromatic N) is 3. The highest BCUT2D eigenvalue weighted by Crippen LogP contribution is 2.25. The second kappa shape index (κ2) is 6.63. The number of rotatable bonds is 6. The van der Waals surface area contributed by atoms with Gasteiger partial charge in [0.25, 0.3) is 11.8 Å². The van der Waals surface area contributed by atoms with E-state index in [1.165, 1.54) is 19.5 Å². The molecule has 3 aromatic rings. The molecule has 0 saturated heterocycles. The Morgan fingerprint density at radius 1 is 1.26 bits per heavy atom. The van der Waals surface area contributed by atoms with Crippen molar-refractivity contribution in [3.63, 3.8) is 0 Å². The lowest BCUT2D eigenvalue weighted by Gasteiger charge is -2.10. The summed E-state index contributed by atoms with van der Waals surface area (Å²) < 4.78 is 6.79. The predicted octanol–water partition coefficient (Wildman–Crippen LogP) is 1.36. The van der Waals surface area contributed by atoms with Crippen molar-refractivity contribution in [3.8, 4) is 0 Å². The molecule has 0 spiro atoms. The molecular formula is C17H19N7O3. The highest BCUT2D eigenvalue weighted by atomic mass is 16.3. The minimum Gasteiger partial charge on any atom is -0.457 e. The molecule has 1 aliphatic rings. The molecule has 0 aromatic carbocycles. The van der Waals surface area contributed by atoms with Crippen molar-refractivity contribution in [2.24, 2.45) is 0 Å². The van der Waals surface area contributed by atoms with Gasteiger partial charge in [0.05, 0.1) is 18.1 Å². The van der Waals surface area contributed by atoms with Crippen LogP contribution in [0.25, 0.3) is 5.65 Å². The van der Waals surface area contributed by atoms with E-state index in [0.717, 1.165) is 12.8 Å². The van der Waals surface area contributed by atoms with Gasteiger partial charge in [-0.15, -0.1) is 0 Å². The number of hydrogen-bond acceptors (Lipinski definition) is 7. The van der Waals surface area contributed by atoms with Gasteiger partial charge in [-0.1, -0.05) is 0 Å². The zero-order valence-corrected chi connectivity index (χ0v) is 14.9. The van der Waals surface area contributed by atoms with E-state index in [9.17, 15) is 9.59 Å². The van der Waals surface area contributed by atoms with E-state index in [0.29, 0.717) is 28.5 Å². The quantitative estimate of drug-likeness (QED) is 0.517. The Morgan fingerprint density at radius 2 is 2.07 bits per heavy atom. The Balaban J connectivity index is 1.72. The van der Waals surface area contributed by atoms with Crippen LogP contribution in [0.2, 0.25) is 0 Å². The maximum absolute atomic E-state index is 12.5. The van der Waals surface area contributed by atoms with Gasteiger partial charge in [0.2, 0.25) is 5.76 Å². The van der Waals surface area contributed by atoms with Crippen molar-refractivity contribution in [3.05, 3.63) is 35.9 Å². The highest BCUT2D eigenvalue weighted by molar-refractivity contribution is 6.00. The van der Waals surface area contributed by atoms with Crippen LogP contribution >= 0.6 is 0 Å². The second-order valence-electron chi connectivity index (χ2n) is 6.19. The van der Waals surface area contributed by atoms with Gasteiger partial charge in [0.15, 0.2) is 5.65 Å². The van der Waals surface area contributed by atoms with Gasteiger partial charge < -0.3 is 25.7 Å². The minimum atomic E-state index is -0.355. The van der Waals surface area contributed by atoms with E-state index in [1.54, 1.807) is 23.7 Å². The fraction of sp³-hybridized carbons (Fsp3) is 0.294. The molecule has 4 N–H and O–H groups in total. The van der Waals surface area contributed by atoms with Gasteiger partial charge in [-0.05, 0) is 12.8 Å². The summed E-state index contributed by atoms with van der Waals surface area (Å²) in [6, 6.07) is 3.59. The summed E-state index contributed by atoms with van der Waals surface area (Å²) in [5, 5.41) is 15.8. The lowest BCUT2D eigenvalue weighted by molar-refractivity contribution is 0.0933. The Hall–Kier alpha value is -3.56. The number of anilines is 3. The molecule has 10 heteroatoms. The molecular weight excluding hydrogens is 350 g/mol. The Morgan fingerprint density at radius 3 is 2.78 bits per heavy atom. The molecule has 140 valence electrons. The van der Waals surface area contributed by atoms with Crippen molar-refractivity contribution >= 4 is 34.8 Å². The molecule has 10 nitrogen and oxygen atoms in total. The number of amides is 2.